The molecule has 0 spiro atoms. The zero-order valence-electron chi connectivity index (χ0n) is 16.0. The summed E-state index contributed by atoms with van der Waals surface area (Å²) in [4.78, 5) is 45.5. The molecule has 0 aliphatic carbocycles. The molecule has 0 bridgehead atoms. The van der Waals surface area contributed by atoms with Crippen LogP contribution in [0.25, 0.3) is 21.1 Å². The summed E-state index contributed by atoms with van der Waals surface area (Å²) < 4.78 is 6.72. The van der Waals surface area contributed by atoms with Crippen molar-refractivity contribution >= 4 is 44.2 Å². The highest BCUT2D eigenvalue weighted by molar-refractivity contribution is 7.16. The number of aromatic amines is 1. The van der Waals surface area contributed by atoms with E-state index in [0.717, 1.165) is 16.6 Å². The molecule has 4 rings (SSSR count). The molecule has 0 saturated heterocycles. The van der Waals surface area contributed by atoms with Gasteiger partial charge in [0.25, 0.3) is 5.56 Å². The second-order valence-corrected chi connectivity index (χ2v) is 7.69. The van der Waals surface area contributed by atoms with Crippen molar-refractivity contribution in [3.63, 3.8) is 0 Å². The van der Waals surface area contributed by atoms with Crippen molar-refractivity contribution in [2.24, 2.45) is 0 Å². The maximum absolute atomic E-state index is 12.9. The third-order valence-electron chi connectivity index (χ3n) is 4.82. The smallest absolute Gasteiger partial charge is 0.308 e. The van der Waals surface area contributed by atoms with E-state index in [4.69, 9.17) is 4.74 Å². The Morgan fingerprint density at radius 3 is 2.86 bits per heavy atom. The highest BCUT2D eigenvalue weighted by Gasteiger charge is 2.24. The van der Waals surface area contributed by atoms with Gasteiger partial charge in [0.15, 0.2) is 6.10 Å². The maximum atomic E-state index is 12.9. The van der Waals surface area contributed by atoms with Gasteiger partial charge >= 0.3 is 5.97 Å². The largest absolute Gasteiger partial charge is 0.454 e. The van der Waals surface area contributed by atoms with Gasteiger partial charge < -0.3 is 9.72 Å². The molecule has 3 heterocycles. The van der Waals surface area contributed by atoms with Gasteiger partial charge in [-0.05, 0) is 31.4 Å². The van der Waals surface area contributed by atoms with Crippen molar-refractivity contribution < 1.29 is 14.3 Å². The lowest BCUT2D eigenvalue weighted by Gasteiger charge is -2.13. The molecular weight excluding hydrogens is 390 g/mol. The van der Waals surface area contributed by atoms with Crippen molar-refractivity contribution in [1.82, 2.24) is 14.5 Å². The normalized spacial score (nSPS) is 12.3. The number of ketones is 1. The Labute approximate surface area is 170 Å². The van der Waals surface area contributed by atoms with E-state index in [1.54, 1.807) is 18.4 Å². The quantitative estimate of drug-likeness (QED) is 0.389. The summed E-state index contributed by atoms with van der Waals surface area (Å²) in [6.45, 7) is 3.53. The second kappa shape index (κ2) is 7.63. The number of carbonyl (C=O) groups is 2. The topological polar surface area (TPSA) is 94.1 Å². The lowest BCUT2D eigenvalue weighted by molar-refractivity contribution is -0.146. The van der Waals surface area contributed by atoms with Crippen molar-refractivity contribution in [2.75, 3.05) is 0 Å². The molecule has 148 valence electrons. The predicted molar refractivity (Wildman–Crippen MR) is 111 cm³/mol. The van der Waals surface area contributed by atoms with Crippen LogP contribution in [0, 0.1) is 6.92 Å². The van der Waals surface area contributed by atoms with E-state index >= 15 is 0 Å². The summed E-state index contributed by atoms with van der Waals surface area (Å²) in [6.07, 6.45) is 0.481. The fourth-order valence-corrected chi connectivity index (χ4v) is 4.09. The zero-order chi connectivity index (χ0) is 20.5. The van der Waals surface area contributed by atoms with E-state index in [1.807, 2.05) is 31.2 Å². The van der Waals surface area contributed by atoms with Gasteiger partial charge in [-0.3, -0.25) is 19.0 Å². The molecular formula is C21H19N3O4S. The van der Waals surface area contributed by atoms with Gasteiger partial charge in [0.05, 0.1) is 18.1 Å². The minimum Gasteiger partial charge on any atom is -0.454 e. The first kappa shape index (κ1) is 19.1. The molecule has 7 nitrogen and oxygen atoms in total. The molecule has 0 saturated carbocycles. The van der Waals surface area contributed by atoms with E-state index in [0.29, 0.717) is 15.8 Å². The molecule has 1 aromatic carbocycles. The predicted octanol–water partition coefficient (Wildman–Crippen LogP) is 3.45. The first-order chi connectivity index (χ1) is 14.0. The van der Waals surface area contributed by atoms with Crippen LogP contribution in [0.4, 0.5) is 0 Å². The highest BCUT2D eigenvalue weighted by Crippen LogP contribution is 2.24. The summed E-state index contributed by atoms with van der Waals surface area (Å²) in [7, 11) is 0. The van der Waals surface area contributed by atoms with Gasteiger partial charge in [-0.25, -0.2) is 4.98 Å². The monoisotopic (exact) mass is 409 g/mol. The van der Waals surface area contributed by atoms with E-state index < -0.39 is 12.1 Å². The lowest BCUT2D eigenvalue weighted by atomic mass is 10.0. The Morgan fingerprint density at radius 1 is 1.24 bits per heavy atom. The average Bonchev–Trinajstić information content (AvgIpc) is 3.30. The summed E-state index contributed by atoms with van der Waals surface area (Å²) in [5.74, 6) is -0.799. The number of carbonyl (C=O) groups excluding carboxylic acids is 2. The Hall–Kier alpha value is -3.26. The van der Waals surface area contributed by atoms with Crippen LogP contribution in [0.3, 0.4) is 0 Å². The third-order valence-corrected chi connectivity index (χ3v) is 5.65. The van der Waals surface area contributed by atoms with E-state index in [1.165, 1.54) is 22.2 Å². The molecule has 4 aromatic rings. The lowest BCUT2D eigenvalue weighted by Crippen LogP contribution is -2.27. The summed E-state index contributed by atoms with van der Waals surface area (Å²) in [5, 5.41) is 3.14. The minimum absolute atomic E-state index is 0.0261. The summed E-state index contributed by atoms with van der Waals surface area (Å²) >= 11 is 1.39. The molecule has 1 atom stereocenters. The van der Waals surface area contributed by atoms with Crippen LogP contribution in [-0.2, 0) is 16.1 Å². The Bertz CT molecular complexity index is 1280. The number of thiophene rings is 1. The number of H-pyrrole nitrogens is 1. The molecule has 0 amide bonds. The van der Waals surface area contributed by atoms with Crippen molar-refractivity contribution in [2.45, 2.75) is 32.9 Å². The summed E-state index contributed by atoms with van der Waals surface area (Å²) in [6, 6.07) is 9.22. The third kappa shape index (κ3) is 3.58. The number of para-hydroxylation sites is 1. The molecule has 0 aliphatic rings. The first-order valence-corrected chi connectivity index (χ1v) is 10.1. The van der Waals surface area contributed by atoms with E-state index in [2.05, 4.69) is 9.97 Å². The van der Waals surface area contributed by atoms with E-state index in [-0.39, 0.29) is 24.3 Å². The fourth-order valence-electron chi connectivity index (χ4n) is 3.37. The molecule has 8 heteroatoms. The molecule has 0 fully saturated rings. The van der Waals surface area contributed by atoms with E-state index in [9.17, 15) is 14.4 Å². The summed E-state index contributed by atoms with van der Waals surface area (Å²) in [5.41, 5.74) is 1.94. The number of esters is 1. The number of hydrogen-bond donors (Lipinski definition) is 1. The van der Waals surface area contributed by atoms with Crippen LogP contribution in [0.1, 0.15) is 29.4 Å². The number of hydrogen-bond acceptors (Lipinski definition) is 6. The molecule has 29 heavy (non-hydrogen) atoms. The first-order valence-electron chi connectivity index (χ1n) is 9.19. The number of aryl methyl sites for hydroxylation is 2. The number of nitrogens with one attached hydrogen (secondary N) is 1. The second-order valence-electron chi connectivity index (χ2n) is 6.80. The standard InChI is InChI=1S/C21H19N3O4S/c1-12-18(14-5-3-4-6-16(14)23-12)19(26)13(2)28-17(25)7-9-24-11-22-20-15(21(24)27)8-10-29-20/h3-6,8,10-11,13,23H,7,9H2,1-2H3. The van der Waals surface area contributed by atoms with Gasteiger partial charge in [0.2, 0.25) is 5.78 Å². The van der Waals surface area contributed by atoms with Crippen LogP contribution >= 0.6 is 11.3 Å². The van der Waals surface area contributed by atoms with Crippen LogP contribution in [-0.4, -0.2) is 32.4 Å². The van der Waals surface area contributed by atoms with Gasteiger partial charge in [0.1, 0.15) is 4.83 Å². The fraction of sp³-hybridized carbons (Fsp3) is 0.238. The number of rotatable bonds is 6. The van der Waals surface area contributed by atoms with Crippen molar-refractivity contribution in [3.8, 4) is 0 Å². The SMILES string of the molecule is Cc1[nH]c2ccccc2c1C(=O)C(C)OC(=O)CCn1cnc2sccc2c1=O. The molecule has 0 aliphatic heterocycles. The van der Waals surface area contributed by atoms with Gasteiger partial charge in [-0.2, -0.15) is 0 Å². The molecule has 0 radical (unpaired) electrons. The Kier molecular flexibility index (Phi) is 5.02. The molecule has 1 N–H and O–H groups in total. The number of nitrogens with zero attached hydrogens (tertiary/aromatic N) is 2. The number of fused-ring (bicyclic) bond motifs is 2. The van der Waals surface area contributed by atoms with Gasteiger partial charge in [0, 0.05) is 28.7 Å². The van der Waals surface area contributed by atoms with Crippen molar-refractivity contribution in [3.05, 3.63) is 63.7 Å². The molecule has 1 unspecified atom stereocenters. The average molecular weight is 409 g/mol. The van der Waals surface area contributed by atoms with Crippen LogP contribution in [0.2, 0.25) is 0 Å². The van der Waals surface area contributed by atoms with Crippen LogP contribution in [0.5, 0.6) is 0 Å². The number of aromatic nitrogens is 3. The van der Waals surface area contributed by atoms with Gasteiger partial charge in [-0.1, -0.05) is 18.2 Å². The van der Waals surface area contributed by atoms with Crippen LogP contribution in [0.15, 0.2) is 46.8 Å². The molecule has 3 aromatic heterocycles. The number of ether oxygens (including phenoxy) is 1. The Morgan fingerprint density at radius 2 is 2.03 bits per heavy atom. The highest BCUT2D eigenvalue weighted by atomic mass is 32.1. The van der Waals surface area contributed by atoms with Crippen molar-refractivity contribution in [1.29, 1.82) is 0 Å². The number of Topliss-reactive ketones (excluding diaryl/α,β-unsaturated/α-hetero) is 1. The maximum Gasteiger partial charge on any atom is 0.308 e. The number of benzene rings is 1. The zero-order valence-corrected chi connectivity index (χ0v) is 16.8. The minimum atomic E-state index is -0.922. The van der Waals surface area contributed by atoms with Crippen LogP contribution < -0.4 is 5.56 Å². The van der Waals surface area contributed by atoms with Gasteiger partial charge in [-0.15, -0.1) is 11.3 Å². The Balaban J connectivity index is 1.43.